The number of hydrogen-bond donors (Lipinski definition) is 6. The highest BCUT2D eigenvalue weighted by Crippen LogP contribution is 2.31. The first-order valence-corrected chi connectivity index (χ1v) is 10.2. The maximum absolute atomic E-state index is 8.65. The number of nitrogens with one attached hydrogen (secondary N) is 2. The highest BCUT2D eigenvalue weighted by atomic mass is 16.4. The molecule has 2 atom stereocenters. The van der Waals surface area contributed by atoms with Gasteiger partial charge < -0.3 is 30.7 Å². The zero-order chi connectivity index (χ0) is 23.5. The first-order valence-electron chi connectivity index (χ1n) is 10.2. The fraction of sp³-hybridized carbons (Fsp3) is 0.895. The van der Waals surface area contributed by atoms with Crippen molar-refractivity contribution in [3.63, 3.8) is 0 Å². The lowest BCUT2D eigenvalue weighted by Gasteiger charge is -2.21. The molecule has 2 aliphatic rings. The van der Waals surface area contributed by atoms with Crippen molar-refractivity contribution < 1.29 is 39.3 Å². The summed E-state index contributed by atoms with van der Waals surface area (Å²) in [6.45, 7) is 8.90. The molecule has 31 heavy (non-hydrogen) atoms. The van der Waals surface area contributed by atoms with Crippen molar-refractivity contribution in [2.75, 3.05) is 26.2 Å². The molecule has 2 heterocycles. The van der Waals surface area contributed by atoms with Crippen molar-refractivity contribution in [3.05, 3.63) is 0 Å². The Kier molecular flexibility index (Phi) is 22.7. The van der Waals surface area contributed by atoms with Gasteiger partial charge in [0.1, 0.15) is 0 Å². The van der Waals surface area contributed by atoms with Gasteiger partial charge in [-0.15, -0.1) is 0 Å². The molecule has 0 amide bonds. The van der Waals surface area contributed by atoms with Crippen LogP contribution in [0.2, 0.25) is 12.6 Å². The lowest BCUT2D eigenvalue weighted by atomic mass is 9.77. The Labute approximate surface area is 186 Å². The van der Waals surface area contributed by atoms with Crippen molar-refractivity contribution in [2.24, 2.45) is 10.8 Å². The minimum Gasteiger partial charge on any atom is -0.427 e. The second-order valence-electron chi connectivity index (χ2n) is 8.39. The summed E-state index contributed by atoms with van der Waals surface area (Å²) in [6.07, 6.45) is 7.97. The van der Waals surface area contributed by atoms with Crippen LogP contribution < -0.4 is 10.6 Å². The summed E-state index contributed by atoms with van der Waals surface area (Å²) in [7, 11) is -2.24. The van der Waals surface area contributed by atoms with E-state index >= 15 is 0 Å². The van der Waals surface area contributed by atoms with Crippen LogP contribution in [0, 0.1) is 10.8 Å². The highest BCUT2D eigenvalue weighted by Gasteiger charge is 2.28. The third-order valence-corrected chi connectivity index (χ3v) is 5.40. The second-order valence-corrected chi connectivity index (χ2v) is 8.39. The first-order chi connectivity index (χ1) is 14.1. The molecule has 0 aromatic carbocycles. The molecular formula is C19H40B2N2O8. The Morgan fingerprint density at radius 3 is 1.23 bits per heavy atom. The van der Waals surface area contributed by atoms with Crippen LogP contribution in [0.1, 0.15) is 59.8 Å². The van der Waals surface area contributed by atoms with Gasteiger partial charge in [0.25, 0.3) is 0 Å². The van der Waals surface area contributed by atoms with Crippen molar-refractivity contribution in [1.29, 1.82) is 0 Å². The summed E-state index contributed by atoms with van der Waals surface area (Å²) < 4.78 is 0. The van der Waals surface area contributed by atoms with E-state index in [1.54, 1.807) is 0 Å². The van der Waals surface area contributed by atoms with Gasteiger partial charge in [0.2, 0.25) is 0 Å². The van der Waals surface area contributed by atoms with Gasteiger partial charge in [-0.2, -0.15) is 19.2 Å². The molecule has 2 saturated heterocycles. The smallest absolute Gasteiger partial charge is 0.427 e. The van der Waals surface area contributed by atoms with Gasteiger partial charge in [-0.3, -0.25) is 0 Å². The van der Waals surface area contributed by atoms with Crippen LogP contribution in [0.25, 0.3) is 0 Å². The molecule has 180 valence electrons. The SMILES string of the molecule is C.C[C@@]1(CCCB(O)O)CCNC1.C[C@@]1(CCCB(O)O)CCNC1.O=C=O.O=C=O. The van der Waals surface area contributed by atoms with Gasteiger partial charge in [0, 0.05) is 13.1 Å². The van der Waals surface area contributed by atoms with Crippen LogP contribution in [-0.4, -0.2) is 72.8 Å². The van der Waals surface area contributed by atoms with Crippen molar-refractivity contribution in [2.45, 2.75) is 72.4 Å². The standard InChI is InChI=1S/2C8H18BNO2.2CO2.CH4/c2*1-8(4-6-10-7-8)3-2-5-9(11)12;2*2-1-3;/h2*10-12H,2-7H2,1H3;;;1H4/t2*8-;;;/m11.../s1. The Balaban J connectivity index is -0.000000394. The first kappa shape index (κ1) is 34.3. The zero-order valence-corrected chi connectivity index (χ0v) is 18.1. The van der Waals surface area contributed by atoms with E-state index in [0.717, 1.165) is 51.9 Å². The molecule has 6 N–H and O–H groups in total. The topological polar surface area (TPSA) is 173 Å². The largest absolute Gasteiger partial charge is 0.451 e. The molecule has 0 bridgehead atoms. The summed E-state index contributed by atoms with van der Waals surface area (Å²) in [5.74, 6) is 0. The summed E-state index contributed by atoms with van der Waals surface area (Å²) in [6, 6.07) is 0. The second kappa shape index (κ2) is 20.5. The van der Waals surface area contributed by atoms with Gasteiger partial charge in [-0.1, -0.05) is 34.1 Å². The fourth-order valence-electron chi connectivity index (χ4n) is 3.59. The van der Waals surface area contributed by atoms with E-state index in [-0.39, 0.29) is 19.7 Å². The van der Waals surface area contributed by atoms with Crippen molar-refractivity contribution >= 4 is 26.5 Å². The number of rotatable bonds is 8. The summed E-state index contributed by atoms with van der Waals surface area (Å²) in [5.41, 5.74) is 0.795. The van der Waals surface area contributed by atoms with Crippen LogP contribution in [0.4, 0.5) is 0 Å². The van der Waals surface area contributed by atoms with Crippen LogP contribution >= 0.6 is 0 Å². The average Bonchev–Trinajstić information content (AvgIpc) is 3.25. The third kappa shape index (κ3) is 21.7. The van der Waals surface area contributed by atoms with E-state index in [4.69, 9.17) is 39.3 Å². The van der Waals surface area contributed by atoms with E-state index in [9.17, 15) is 0 Å². The zero-order valence-electron chi connectivity index (χ0n) is 18.1. The quantitative estimate of drug-likeness (QED) is 0.278. The molecule has 0 aromatic heterocycles. The van der Waals surface area contributed by atoms with Gasteiger partial charge in [0.05, 0.1) is 0 Å². The number of hydrogen-bond acceptors (Lipinski definition) is 10. The fourth-order valence-corrected chi connectivity index (χ4v) is 3.59. The van der Waals surface area contributed by atoms with Gasteiger partial charge >= 0.3 is 26.5 Å². The van der Waals surface area contributed by atoms with E-state index in [0.29, 0.717) is 23.5 Å². The molecule has 10 nitrogen and oxygen atoms in total. The van der Waals surface area contributed by atoms with E-state index in [1.165, 1.54) is 12.8 Å². The monoisotopic (exact) mass is 446 g/mol. The van der Waals surface area contributed by atoms with Crippen LogP contribution in [-0.2, 0) is 19.2 Å². The Morgan fingerprint density at radius 1 is 0.742 bits per heavy atom. The Morgan fingerprint density at radius 2 is 1.03 bits per heavy atom. The minimum atomic E-state index is -1.12. The van der Waals surface area contributed by atoms with Crippen LogP contribution in [0.3, 0.4) is 0 Å². The van der Waals surface area contributed by atoms with Gasteiger partial charge in [0.15, 0.2) is 0 Å². The molecule has 0 unspecified atom stereocenters. The average molecular weight is 446 g/mol. The molecule has 0 radical (unpaired) electrons. The van der Waals surface area contributed by atoms with E-state index in [1.807, 2.05) is 0 Å². The number of carbonyl (C=O) groups excluding carboxylic acids is 4. The molecule has 0 aliphatic carbocycles. The molecule has 2 aliphatic heterocycles. The predicted molar refractivity (Wildman–Crippen MR) is 116 cm³/mol. The third-order valence-electron chi connectivity index (χ3n) is 5.40. The summed E-state index contributed by atoms with van der Waals surface area (Å²) in [5, 5.41) is 41.3. The molecular weight excluding hydrogens is 406 g/mol. The van der Waals surface area contributed by atoms with E-state index < -0.39 is 14.2 Å². The highest BCUT2D eigenvalue weighted by molar-refractivity contribution is 6.41. The maximum Gasteiger partial charge on any atom is 0.451 e. The summed E-state index contributed by atoms with van der Waals surface area (Å²) >= 11 is 0. The maximum atomic E-state index is 8.65. The van der Waals surface area contributed by atoms with Crippen LogP contribution in [0.5, 0.6) is 0 Å². The van der Waals surface area contributed by atoms with E-state index in [2.05, 4.69) is 24.5 Å². The lowest BCUT2D eigenvalue weighted by Crippen LogP contribution is -2.21. The van der Waals surface area contributed by atoms with Crippen LogP contribution in [0.15, 0.2) is 0 Å². The van der Waals surface area contributed by atoms with Gasteiger partial charge in [-0.05, 0) is 62.2 Å². The van der Waals surface area contributed by atoms with Crippen molar-refractivity contribution in [3.8, 4) is 0 Å². The molecule has 0 saturated carbocycles. The minimum absolute atomic E-state index is 0. The predicted octanol–water partition coefficient (Wildman–Crippen LogP) is -0.0529. The molecule has 0 spiro atoms. The Bertz CT molecular complexity index is 441. The molecule has 0 aromatic rings. The lowest BCUT2D eigenvalue weighted by molar-refractivity contribution is -0.193. The normalized spacial score (nSPS) is 23.2. The van der Waals surface area contributed by atoms with Gasteiger partial charge in [-0.25, -0.2) is 0 Å². The molecule has 2 rings (SSSR count). The Hall–Kier alpha value is -1.35. The van der Waals surface area contributed by atoms with Crippen molar-refractivity contribution in [1.82, 2.24) is 10.6 Å². The molecule has 2 fully saturated rings. The molecule has 12 heteroatoms. The summed E-state index contributed by atoms with van der Waals surface area (Å²) in [4.78, 5) is 32.5.